The van der Waals surface area contributed by atoms with Gasteiger partial charge in [0, 0.05) is 25.8 Å². The molecular weight excluding hydrogens is 372 g/mol. The van der Waals surface area contributed by atoms with E-state index in [9.17, 15) is 4.79 Å². The van der Waals surface area contributed by atoms with E-state index in [0.29, 0.717) is 49.2 Å². The zero-order valence-electron chi connectivity index (χ0n) is 16.2. The Bertz CT molecular complexity index is 922. The summed E-state index contributed by atoms with van der Waals surface area (Å²) < 4.78 is 22.7. The fourth-order valence-corrected chi connectivity index (χ4v) is 3.68. The van der Waals surface area contributed by atoms with E-state index in [4.69, 9.17) is 24.2 Å². The molecule has 2 atom stereocenters. The molecule has 0 saturated carbocycles. The van der Waals surface area contributed by atoms with Gasteiger partial charge in [0.15, 0.2) is 11.5 Å². The molecule has 4 rings (SSSR count). The van der Waals surface area contributed by atoms with Crippen LogP contribution in [0.4, 0.5) is 0 Å². The number of benzene rings is 2. The lowest BCUT2D eigenvalue weighted by molar-refractivity contribution is -0.164. The number of hydrogen-bond acceptors (Lipinski definition) is 6. The summed E-state index contributed by atoms with van der Waals surface area (Å²) in [7, 11) is 1.64. The van der Waals surface area contributed by atoms with Crippen LogP contribution in [0.15, 0.2) is 42.5 Å². The third-order valence-electron chi connectivity index (χ3n) is 5.06. The van der Waals surface area contributed by atoms with Crippen molar-refractivity contribution in [2.75, 3.05) is 33.5 Å². The third kappa shape index (κ3) is 3.71. The van der Waals surface area contributed by atoms with Gasteiger partial charge in [0.1, 0.15) is 25.0 Å². The van der Waals surface area contributed by atoms with Crippen molar-refractivity contribution in [3.05, 3.63) is 53.6 Å². The van der Waals surface area contributed by atoms with Crippen molar-refractivity contribution in [3.63, 3.8) is 0 Å². The Labute approximate surface area is 169 Å². The lowest BCUT2D eigenvalue weighted by Crippen LogP contribution is -2.61. The van der Waals surface area contributed by atoms with Crippen molar-refractivity contribution >= 4 is 5.91 Å². The fraction of sp³-hybridized carbons (Fsp3) is 0.364. The van der Waals surface area contributed by atoms with E-state index in [1.54, 1.807) is 36.3 Å². The molecule has 2 aromatic rings. The van der Waals surface area contributed by atoms with E-state index in [1.165, 1.54) is 0 Å². The van der Waals surface area contributed by atoms with Crippen LogP contribution >= 0.6 is 0 Å². The summed E-state index contributed by atoms with van der Waals surface area (Å²) in [5.74, 6) is 1.82. The first-order chi connectivity index (χ1) is 14.2. The molecule has 2 heterocycles. The van der Waals surface area contributed by atoms with Crippen molar-refractivity contribution in [2.45, 2.75) is 18.6 Å². The molecule has 0 N–H and O–H groups in total. The van der Waals surface area contributed by atoms with Gasteiger partial charge in [0.25, 0.3) is 5.91 Å². The molecule has 0 bridgehead atoms. The first kappa shape index (κ1) is 19.1. The summed E-state index contributed by atoms with van der Waals surface area (Å²) in [4.78, 5) is 14.7. The van der Waals surface area contributed by atoms with Crippen LogP contribution in [0.5, 0.6) is 17.2 Å². The summed E-state index contributed by atoms with van der Waals surface area (Å²) in [6.07, 6.45) is 0.0665. The second-order valence-electron chi connectivity index (χ2n) is 6.87. The largest absolute Gasteiger partial charge is 0.486 e. The molecule has 2 aliphatic rings. The second kappa shape index (κ2) is 8.41. The first-order valence-electron chi connectivity index (χ1n) is 9.57. The van der Waals surface area contributed by atoms with Gasteiger partial charge in [0.2, 0.25) is 6.10 Å². The minimum absolute atomic E-state index is 0.0789. The van der Waals surface area contributed by atoms with Crippen molar-refractivity contribution in [2.24, 2.45) is 0 Å². The molecule has 7 heteroatoms. The summed E-state index contributed by atoms with van der Waals surface area (Å²) in [6, 6.07) is 14.3. The normalized spacial score (nSPS) is 20.0. The number of likely N-dealkylation sites (tertiary alicyclic amines) is 1. The van der Waals surface area contributed by atoms with Gasteiger partial charge in [-0.25, -0.2) is 0 Å². The summed E-state index contributed by atoms with van der Waals surface area (Å²) >= 11 is 0. The van der Waals surface area contributed by atoms with Crippen LogP contribution < -0.4 is 14.2 Å². The fourth-order valence-electron chi connectivity index (χ4n) is 3.68. The maximum absolute atomic E-state index is 12.9. The monoisotopic (exact) mass is 394 g/mol. The Hall–Kier alpha value is -3.24. The molecular formula is C22H22N2O5. The number of rotatable bonds is 7. The Kier molecular flexibility index (Phi) is 5.54. The van der Waals surface area contributed by atoms with Gasteiger partial charge in [-0.1, -0.05) is 12.1 Å². The lowest BCUT2D eigenvalue weighted by Gasteiger charge is -2.47. The van der Waals surface area contributed by atoms with E-state index in [1.807, 2.05) is 18.2 Å². The Morgan fingerprint density at radius 2 is 1.97 bits per heavy atom. The molecule has 150 valence electrons. The van der Waals surface area contributed by atoms with E-state index in [0.717, 1.165) is 12.0 Å². The first-order valence-corrected chi connectivity index (χ1v) is 9.57. The van der Waals surface area contributed by atoms with Crippen molar-refractivity contribution < 1.29 is 23.7 Å². The molecule has 2 aliphatic heterocycles. The zero-order chi connectivity index (χ0) is 20.2. The lowest BCUT2D eigenvalue weighted by atomic mass is 9.89. The number of amides is 1. The van der Waals surface area contributed by atoms with Gasteiger partial charge in [-0.2, -0.15) is 5.26 Å². The standard InChI is InChI=1S/C22H22N2O5/c1-26-11-3-10-24-19(17-4-2-5-18-20(17)28-13-12-27-18)21(22(24)25)29-16-8-6-15(14-23)7-9-16/h2,4-9,19,21H,3,10-13H2,1H3/t19-,21-/m0/s1. The molecule has 0 unspecified atom stereocenters. The van der Waals surface area contributed by atoms with Crippen LogP contribution in [-0.4, -0.2) is 50.4 Å². The van der Waals surface area contributed by atoms with Crippen LogP contribution in [0.1, 0.15) is 23.6 Å². The molecule has 0 aliphatic carbocycles. The Balaban J connectivity index is 1.61. The SMILES string of the molecule is COCCCN1C(=O)[C@@H](Oc2ccc(C#N)cc2)[C@@H]1c1cccc2c1OCCO2. The minimum Gasteiger partial charge on any atom is -0.486 e. The van der Waals surface area contributed by atoms with E-state index < -0.39 is 6.10 Å². The second-order valence-corrected chi connectivity index (χ2v) is 6.87. The van der Waals surface area contributed by atoms with Gasteiger partial charge in [-0.05, 0) is 36.8 Å². The smallest absolute Gasteiger partial charge is 0.266 e. The number of nitrogens with zero attached hydrogens (tertiary/aromatic N) is 2. The molecule has 0 aromatic heterocycles. The molecule has 29 heavy (non-hydrogen) atoms. The number of carbonyl (C=O) groups excluding carboxylic acids is 1. The molecule has 2 aromatic carbocycles. The van der Waals surface area contributed by atoms with Crippen molar-refractivity contribution in [1.29, 1.82) is 5.26 Å². The summed E-state index contributed by atoms with van der Waals surface area (Å²) in [5, 5.41) is 8.96. The number of para-hydroxylation sites is 1. The zero-order valence-corrected chi connectivity index (χ0v) is 16.2. The highest BCUT2D eigenvalue weighted by Crippen LogP contribution is 2.45. The number of hydrogen-bond donors (Lipinski definition) is 0. The number of ether oxygens (including phenoxy) is 4. The highest BCUT2D eigenvalue weighted by Gasteiger charge is 2.51. The highest BCUT2D eigenvalue weighted by molar-refractivity contribution is 5.89. The van der Waals surface area contributed by atoms with E-state index in [2.05, 4.69) is 6.07 Å². The summed E-state index contributed by atoms with van der Waals surface area (Å²) in [6.45, 7) is 2.11. The van der Waals surface area contributed by atoms with Crippen molar-refractivity contribution in [1.82, 2.24) is 4.90 Å². The summed E-state index contributed by atoms with van der Waals surface area (Å²) in [5.41, 5.74) is 1.41. The Morgan fingerprint density at radius 1 is 1.17 bits per heavy atom. The Morgan fingerprint density at radius 3 is 2.72 bits per heavy atom. The van der Waals surface area contributed by atoms with Gasteiger partial charge in [-0.15, -0.1) is 0 Å². The van der Waals surface area contributed by atoms with Crippen LogP contribution in [0.3, 0.4) is 0 Å². The molecule has 0 spiro atoms. The van der Waals surface area contributed by atoms with Crippen molar-refractivity contribution in [3.8, 4) is 23.3 Å². The van der Waals surface area contributed by atoms with Crippen LogP contribution in [0.25, 0.3) is 0 Å². The number of methoxy groups -OCH3 is 1. The number of nitriles is 1. The van der Waals surface area contributed by atoms with Crippen LogP contribution in [0.2, 0.25) is 0 Å². The number of β-lactam (4-membered cyclic amide) rings is 1. The predicted octanol–water partition coefficient (Wildman–Crippen LogP) is 2.70. The quantitative estimate of drug-likeness (QED) is 0.531. The average Bonchev–Trinajstić information content (AvgIpc) is 2.77. The maximum Gasteiger partial charge on any atom is 0.266 e. The van der Waals surface area contributed by atoms with E-state index in [-0.39, 0.29) is 11.9 Å². The number of carbonyl (C=O) groups is 1. The van der Waals surface area contributed by atoms with Crippen LogP contribution in [0, 0.1) is 11.3 Å². The average molecular weight is 394 g/mol. The maximum atomic E-state index is 12.9. The van der Waals surface area contributed by atoms with Gasteiger partial charge in [-0.3, -0.25) is 4.79 Å². The van der Waals surface area contributed by atoms with Gasteiger partial charge >= 0.3 is 0 Å². The predicted molar refractivity (Wildman–Crippen MR) is 104 cm³/mol. The topological polar surface area (TPSA) is 81.0 Å². The minimum atomic E-state index is -0.664. The van der Waals surface area contributed by atoms with Gasteiger partial charge < -0.3 is 23.8 Å². The molecule has 0 radical (unpaired) electrons. The van der Waals surface area contributed by atoms with Crippen LogP contribution in [-0.2, 0) is 9.53 Å². The van der Waals surface area contributed by atoms with Gasteiger partial charge in [0.05, 0.1) is 11.6 Å². The highest BCUT2D eigenvalue weighted by atomic mass is 16.6. The number of fused-ring (bicyclic) bond motifs is 1. The molecule has 1 fully saturated rings. The molecule has 1 saturated heterocycles. The van der Waals surface area contributed by atoms with E-state index >= 15 is 0 Å². The molecule has 7 nitrogen and oxygen atoms in total. The third-order valence-corrected chi connectivity index (χ3v) is 5.06. The molecule has 1 amide bonds.